The van der Waals surface area contributed by atoms with Crippen LogP contribution in [0.5, 0.6) is 0 Å². The highest BCUT2D eigenvalue weighted by Crippen LogP contribution is 2.31. The Bertz CT molecular complexity index is 1010. The number of para-hydroxylation sites is 1. The van der Waals surface area contributed by atoms with Crippen molar-refractivity contribution in [1.82, 2.24) is 4.90 Å². The fourth-order valence-electron chi connectivity index (χ4n) is 3.29. The van der Waals surface area contributed by atoms with E-state index in [1.807, 2.05) is 41.8 Å². The second kappa shape index (κ2) is 7.78. The normalized spacial score (nSPS) is 12.9. The lowest BCUT2D eigenvalue weighted by atomic mass is 10.1. The molecule has 1 aromatic heterocycles. The number of thiophene rings is 1. The first kappa shape index (κ1) is 18.1. The fraction of sp³-hybridized carbons (Fsp3) is 0.136. The van der Waals surface area contributed by atoms with Gasteiger partial charge < -0.3 is 5.32 Å². The van der Waals surface area contributed by atoms with Gasteiger partial charge in [-0.25, -0.2) is 0 Å². The maximum atomic E-state index is 12.4. The molecule has 5 nitrogen and oxygen atoms in total. The largest absolute Gasteiger partial charge is 0.325 e. The number of benzene rings is 2. The van der Waals surface area contributed by atoms with E-state index in [1.165, 1.54) is 4.90 Å². The van der Waals surface area contributed by atoms with E-state index in [4.69, 9.17) is 0 Å². The first-order chi connectivity index (χ1) is 13.6. The van der Waals surface area contributed by atoms with Crippen LogP contribution < -0.4 is 5.32 Å². The van der Waals surface area contributed by atoms with Gasteiger partial charge in [-0.05, 0) is 36.1 Å². The standard InChI is InChI=1S/C22H18N2O3S/c25-20(23-18-10-4-3-9-17(18)19-11-6-14-28-19)12-5-13-24-21(26)15-7-1-2-8-16(15)22(24)27/h1-4,6-11,14H,5,12-13H2,(H,23,25). The van der Waals surface area contributed by atoms with Gasteiger partial charge in [0.2, 0.25) is 5.91 Å². The molecule has 2 heterocycles. The lowest BCUT2D eigenvalue weighted by molar-refractivity contribution is -0.116. The summed E-state index contributed by atoms with van der Waals surface area (Å²) in [5.41, 5.74) is 2.60. The third-order valence-electron chi connectivity index (χ3n) is 4.65. The number of imide groups is 1. The summed E-state index contributed by atoms with van der Waals surface area (Å²) in [5.74, 6) is -0.714. The molecule has 0 unspecified atom stereocenters. The number of nitrogens with zero attached hydrogens (tertiary/aromatic N) is 1. The summed E-state index contributed by atoms with van der Waals surface area (Å²) >= 11 is 1.61. The van der Waals surface area contributed by atoms with Gasteiger partial charge in [0.05, 0.1) is 11.1 Å². The second-order valence-electron chi connectivity index (χ2n) is 6.48. The summed E-state index contributed by atoms with van der Waals surface area (Å²) in [4.78, 5) is 39.4. The van der Waals surface area contributed by atoms with Crippen molar-refractivity contribution >= 4 is 34.7 Å². The van der Waals surface area contributed by atoms with E-state index in [-0.39, 0.29) is 30.7 Å². The average molecular weight is 390 g/mol. The number of rotatable bonds is 6. The molecule has 4 rings (SSSR count). The van der Waals surface area contributed by atoms with Gasteiger partial charge in [-0.2, -0.15) is 0 Å². The molecule has 3 aromatic rings. The first-order valence-corrected chi connectivity index (χ1v) is 9.91. The molecule has 140 valence electrons. The van der Waals surface area contributed by atoms with Gasteiger partial charge >= 0.3 is 0 Å². The van der Waals surface area contributed by atoms with Crippen LogP contribution in [0.4, 0.5) is 5.69 Å². The molecular weight excluding hydrogens is 372 g/mol. The van der Waals surface area contributed by atoms with E-state index >= 15 is 0 Å². The molecular formula is C22H18N2O3S. The molecule has 0 fully saturated rings. The predicted molar refractivity (Wildman–Crippen MR) is 109 cm³/mol. The van der Waals surface area contributed by atoms with Gasteiger partial charge in [0.25, 0.3) is 11.8 Å². The molecule has 0 saturated carbocycles. The number of hydrogen-bond acceptors (Lipinski definition) is 4. The highest BCUT2D eigenvalue weighted by molar-refractivity contribution is 7.13. The van der Waals surface area contributed by atoms with E-state index < -0.39 is 0 Å². The Balaban J connectivity index is 1.36. The quantitative estimate of drug-likeness (QED) is 0.633. The van der Waals surface area contributed by atoms with Crippen molar-refractivity contribution in [2.24, 2.45) is 0 Å². The number of carbonyl (C=O) groups excluding carboxylic acids is 3. The summed E-state index contributed by atoms with van der Waals surface area (Å²) < 4.78 is 0. The smallest absolute Gasteiger partial charge is 0.261 e. The van der Waals surface area contributed by atoms with E-state index in [9.17, 15) is 14.4 Å². The monoisotopic (exact) mass is 390 g/mol. The van der Waals surface area contributed by atoms with Crippen LogP contribution in [0, 0.1) is 0 Å². The molecule has 0 aliphatic carbocycles. The van der Waals surface area contributed by atoms with E-state index in [0.717, 1.165) is 16.1 Å². The van der Waals surface area contributed by atoms with Crippen LogP contribution in [-0.4, -0.2) is 29.2 Å². The SMILES string of the molecule is O=C(CCCN1C(=O)c2ccccc2C1=O)Nc1ccccc1-c1cccs1. The van der Waals surface area contributed by atoms with Crippen LogP contribution in [0.15, 0.2) is 66.0 Å². The molecule has 28 heavy (non-hydrogen) atoms. The van der Waals surface area contributed by atoms with Crippen LogP contribution >= 0.6 is 11.3 Å². The van der Waals surface area contributed by atoms with Crippen molar-refractivity contribution in [2.45, 2.75) is 12.8 Å². The zero-order valence-corrected chi connectivity index (χ0v) is 15.9. The maximum Gasteiger partial charge on any atom is 0.261 e. The van der Waals surface area contributed by atoms with Gasteiger partial charge in [-0.15, -0.1) is 11.3 Å². The number of hydrogen-bond donors (Lipinski definition) is 1. The second-order valence-corrected chi connectivity index (χ2v) is 7.43. The Labute approximate surface area is 166 Å². The zero-order chi connectivity index (χ0) is 19.5. The summed E-state index contributed by atoms with van der Waals surface area (Å²) in [6.07, 6.45) is 0.644. The number of carbonyl (C=O) groups is 3. The highest BCUT2D eigenvalue weighted by Gasteiger charge is 2.34. The molecule has 1 aliphatic rings. The predicted octanol–water partition coefficient (Wildman–Crippen LogP) is 4.43. The van der Waals surface area contributed by atoms with Crippen LogP contribution in [-0.2, 0) is 4.79 Å². The minimum absolute atomic E-state index is 0.138. The number of amides is 3. The van der Waals surface area contributed by atoms with Gasteiger partial charge in [-0.1, -0.05) is 36.4 Å². The van der Waals surface area contributed by atoms with Crippen LogP contribution in [0.25, 0.3) is 10.4 Å². The lowest BCUT2D eigenvalue weighted by Gasteiger charge is -2.14. The summed E-state index contributed by atoms with van der Waals surface area (Å²) in [6.45, 7) is 0.229. The van der Waals surface area contributed by atoms with E-state index in [2.05, 4.69) is 5.32 Å². The van der Waals surface area contributed by atoms with Crippen molar-refractivity contribution < 1.29 is 14.4 Å². The fourth-order valence-corrected chi connectivity index (χ4v) is 4.06. The molecule has 1 N–H and O–H groups in total. The van der Waals surface area contributed by atoms with E-state index in [1.54, 1.807) is 35.6 Å². The highest BCUT2D eigenvalue weighted by atomic mass is 32.1. The first-order valence-electron chi connectivity index (χ1n) is 9.03. The van der Waals surface area contributed by atoms with Gasteiger partial charge in [0.15, 0.2) is 0 Å². The van der Waals surface area contributed by atoms with Gasteiger partial charge in [0, 0.05) is 29.1 Å². The minimum Gasteiger partial charge on any atom is -0.325 e. The molecule has 0 saturated heterocycles. The third kappa shape index (κ3) is 3.46. The van der Waals surface area contributed by atoms with Crippen LogP contribution in [0.2, 0.25) is 0 Å². The average Bonchev–Trinajstić information content (AvgIpc) is 3.32. The maximum absolute atomic E-state index is 12.4. The molecule has 3 amide bonds. The molecule has 2 aromatic carbocycles. The van der Waals surface area contributed by atoms with Gasteiger partial charge in [-0.3, -0.25) is 19.3 Å². The Morgan fingerprint density at radius 1 is 0.857 bits per heavy atom. The van der Waals surface area contributed by atoms with Crippen molar-refractivity contribution in [2.75, 3.05) is 11.9 Å². The van der Waals surface area contributed by atoms with Crippen molar-refractivity contribution in [3.8, 4) is 10.4 Å². The van der Waals surface area contributed by atoms with Crippen molar-refractivity contribution in [3.63, 3.8) is 0 Å². The number of fused-ring (bicyclic) bond motifs is 1. The van der Waals surface area contributed by atoms with E-state index in [0.29, 0.717) is 17.5 Å². The summed E-state index contributed by atoms with van der Waals surface area (Å²) in [6, 6.07) is 18.4. The topological polar surface area (TPSA) is 66.5 Å². The molecule has 1 aliphatic heterocycles. The van der Waals surface area contributed by atoms with Crippen LogP contribution in [0.1, 0.15) is 33.6 Å². The number of anilines is 1. The van der Waals surface area contributed by atoms with Crippen molar-refractivity contribution in [1.29, 1.82) is 0 Å². The molecule has 0 bridgehead atoms. The van der Waals surface area contributed by atoms with Crippen molar-refractivity contribution in [3.05, 3.63) is 77.2 Å². The lowest BCUT2D eigenvalue weighted by Crippen LogP contribution is -2.31. The zero-order valence-electron chi connectivity index (χ0n) is 15.1. The minimum atomic E-state index is -0.288. The Hall–Kier alpha value is -3.25. The Kier molecular flexibility index (Phi) is 5.04. The summed E-state index contributed by atoms with van der Waals surface area (Å²) in [5, 5.41) is 4.94. The molecule has 6 heteroatoms. The number of nitrogens with one attached hydrogen (secondary N) is 1. The molecule has 0 spiro atoms. The molecule has 0 atom stereocenters. The Morgan fingerprint density at radius 3 is 2.14 bits per heavy atom. The summed E-state index contributed by atoms with van der Waals surface area (Å²) in [7, 11) is 0. The molecule has 0 radical (unpaired) electrons. The third-order valence-corrected chi connectivity index (χ3v) is 5.55. The van der Waals surface area contributed by atoms with Gasteiger partial charge in [0.1, 0.15) is 0 Å². The van der Waals surface area contributed by atoms with Crippen LogP contribution in [0.3, 0.4) is 0 Å². The Morgan fingerprint density at radius 2 is 1.50 bits per heavy atom.